The summed E-state index contributed by atoms with van der Waals surface area (Å²) in [4.78, 5) is 33.8. The number of Topliss-reactive ketones (excluding diaryl/α,β-unsaturated/α-hetero) is 1. The number of thiazole rings is 1. The van der Waals surface area contributed by atoms with Gasteiger partial charge in [-0.15, -0.1) is 22.7 Å². The largest absolute Gasteiger partial charge is 0.357 e. The number of benzene rings is 1. The maximum atomic E-state index is 13.5. The first-order valence-corrected chi connectivity index (χ1v) is 12.3. The fraction of sp³-hybridized carbons (Fsp3) is 0.292. The molecule has 1 amide bonds. The molecule has 8 heteroatoms. The highest BCUT2D eigenvalue weighted by Crippen LogP contribution is 2.48. The Hall–Kier alpha value is -2.97. The summed E-state index contributed by atoms with van der Waals surface area (Å²) in [5.41, 5.74) is 3.42. The molecular formula is C24H24N4O2S2. The van der Waals surface area contributed by atoms with E-state index in [1.165, 1.54) is 11.3 Å². The van der Waals surface area contributed by atoms with Crippen LogP contribution in [0.4, 0.5) is 16.5 Å². The van der Waals surface area contributed by atoms with Gasteiger partial charge < -0.3 is 15.5 Å². The van der Waals surface area contributed by atoms with Crippen LogP contribution in [0, 0.1) is 5.41 Å². The zero-order valence-electron chi connectivity index (χ0n) is 17.9. The van der Waals surface area contributed by atoms with Crippen molar-refractivity contribution in [2.24, 2.45) is 5.41 Å². The number of aromatic nitrogens is 1. The van der Waals surface area contributed by atoms with E-state index in [0.29, 0.717) is 11.6 Å². The molecule has 1 unspecified atom stereocenters. The lowest BCUT2D eigenvalue weighted by Crippen LogP contribution is -2.39. The molecule has 5 rings (SSSR count). The van der Waals surface area contributed by atoms with Gasteiger partial charge in [0.2, 0.25) is 5.91 Å². The van der Waals surface area contributed by atoms with Crippen molar-refractivity contribution in [1.29, 1.82) is 0 Å². The highest BCUT2D eigenvalue weighted by Gasteiger charge is 2.42. The molecule has 1 aromatic carbocycles. The second-order valence-electron chi connectivity index (χ2n) is 8.91. The predicted octanol–water partition coefficient (Wildman–Crippen LogP) is 5.46. The number of nitrogens with one attached hydrogen (secondary N) is 2. The Labute approximate surface area is 195 Å². The van der Waals surface area contributed by atoms with Crippen molar-refractivity contribution >= 4 is 50.9 Å². The van der Waals surface area contributed by atoms with Crippen molar-refractivity contribution in [3.8, 4) is 0 Å². The molecule has 3 heterocycles. The number of fused-ring (bicyclic) bond motifs is 1. The van der Waals surface area contributed by atoms with Crippen LogP contribution in [0.25, 0.3) is 0 Å². The standard InChI is InChI=1S/C24H24N4O2S2/c1-24(2)12-16-21(18(29)13-24)22(19-8-5-10-31-19)28(17-7-4-3-6-15(17)26-16)14-20(30)27-23-25-9-11-32-23/h3-11,22,26H,12-14H2,1-2H3,(H,25,27,30). The third-order valence-corrected chi connectivity index (χ3v) is 7.42. The van der Waals surface area contributed by atoms with Gasteiger partial charge in [-0.3, -0.25) is 9.59 Å². The summed E-state index contributed by atoms with van der Waals surface area (Å²) in [5, 5.41) is 10.9. The van der Waals surface area contributed by atoms with Crippen molar-refractivity contribution in [3.05, 3.63) is 69.5 Å². The molecule has 6 nitrogen and oxygen atoms in total. The van der Waals surface area contributed by atoms with Crippen LogP contribution in [0.5, 0.6) is 0 Å². The van der Waals surface area contributed by atoms with Gasteiger partial charge in [-0.25, -0.2) is 4.98 Å². The smallest absolute Gasteiger partial charge is 0.245 e. The molecule has 1 aliphatic carbocycles. The molecule has 0 bridgehead atoms. The number of carbonyl (C=O) groups excluding carboxylic acids is 2. The highest BCUT2D eigenvalue weighted by molar-refractivity contribution is 7.13. The molecule has 2 aliphatic rings. The zero-order valence-corrected chi connectivity index (χ0v) is 19.6. The first-order valence-electron chi connectivity index (χ1n) is 10.5. The Balaban J connectivity index is 1.63. The minimum atomic E-state index is -0.327. The normalized spacial score (nSPS) is 19.6. The van der Waals surface area contributed by atoms with Crippen molar-refractivity contribution in [2.75, 3.05) is 22.1 Å². The Morgan fingerprint density at radius 2 is 2.03 bits per heavy atom. The van der Waals surface area contributed by atoms with E-state index in [1.807, 2.05) is 47.2 Å². The lowest BCUT2D eigenvalue weighted by atomic mass is 9.74. The van der Waals surface area contributed by atoms with Gasteiger partial charge in [-0.1, -0.05) is 32.0 Å². The number of nitrogens with zero attached hydrogens (tertiary/aromatic N) is 2. The summed E-state index contributed by atoms with van der Waals surface area (Å²) in [5.74, 6) is -0.0239. The van der Waals surface area contributed by atoms with Crippen LogP contribution in [0.15, 0.2) is 64.6 Å². The number of ketones is 1. The Morgan fingerprint density at radius 3 is 2.78 bits per heavy atom. The van der Waals surface area contributed by atoms with Crippen LogP contribution in [-0.2, 0) is 9.59 Å². The number of para-hydroxylation sites is 2. The van der Waals surface area contributed by atoms with E-state index < -0.39 is 0 Å². The van der Waals surface area contributed by atoms with E-state index >= 15 is 0 Å². The first kappa shape index (κ1) is 20.9. The van der Waals surface area contributed by atoms with Gasteiger partial charge in [-0.2, -0.15) is 0 Å². The van der Waals surface area contributed by atoms with Crippen LogP contribution in [-0.4, -0.2) is 23.2 Å². The average Bonchev–Trinajstić information content (AvgIpc) is 3.41. The Bertz CT molecular complexity index is 1180. The predicted molar refractivity (Wildman–Crippen MR) is 130 cm³/mol. The minimum Gasteiger partial charge on any atom is -0.357 e. The topological polar surface area (TPSA) is 74.3 Å². The third-order valence-electron chi connectivity index (χ3n) is 5.81. The average molecular weight is 465 g/mol. The van der Waals surface area contributed by atoms with Crippen LogP contribution >= 0.6 is 22.7 Å². The minimum absolute atomic E-state index is 0.105. The van der Waals surface area contributed by atoms with Crippen LogP contribution < -0.4 is 15.5 Å². The second-order valence-corrected chi connectivity index (χ2v) is 10.8. The number of thiophene rings is 1. The van der Waals surface area contributed by atoms with E-state index in [-0.39, 0.29) is 29.7 Å². The van der Waals surface area contributed by atoms with Gasteiger partial charge in [0.15, 0.2) is 10.9 Å². The molecule has 1 aliphatic heterocycles. The second kappa shape index (κ2) is 8.18. The molecule has 0 saturated heterocycles. The van der Waals surface area contributed by atoms with E-state index in [1.54, 1.807) is 17.5 Å². The molecule has 0 spiro atoms. The summed E-state index contributed by atoms with van der Waals surface area (Å²) in [6.07, 6.45) is 2.94. The summed E-state index contributed by atoms with van der Waals surface area (Å²) >= 11 is 2.99. The summed E-state index contributed by atoms with van der Waals surface area (Å²) in [6.45, 7) is 4.37. The van der Waals surface area contributed by atoms with E-state index in [9.17, 15) is 9.59 Å². The van der Waals surface area contributed by atoms with Gasteiger partial charge in [0.25, 0.3) is 0 Å². The molecule has 0 radical (unpaired) electrons. The number of hydrogen-bond acceptors (Lipinski definition) is 7. The lowest BCUT2D eigenvalue weighted by molar-refractivity contribution is -0.119. The molecule has 3 aromatic rings. The fourth-order valence-electron chi connectivity index (χ4n) is 4.57. The maximum absolute atomic E-state index is 13.5. The molecule has 1 atom stereocenters. The first-order chi connectivity index (χ1) is 15.4. The van der Waals surface area contributed by atoms with E-state index in [4.69, 9.17) is 0 Å². The molecule has 0 fully saturated rings. The van der Waals surface area contributed by atoms with Crippen LogP contribution in [0.2, 0.25) is 0 Å². The van der Waals surface area contributed by atoms with E-state index in [2.05, 4.69) is 34.4 Å². The number of rotatable bonds is 4. The van der Waals surface area contributed by atoms with Crippen LogP contribution in [0.3, 0.4) is 0 Å². The molecule has 164 valence electrons. The number of amides is 1. The molecule has 2 N–H and O–H groups in total. The molecule has 32 heavy (non-hydrogen) atoms. The lowest BCUT2D eigenvalue weighted by Gasteiger charge is -2.37. The highest BCUT2D eigenvalue weighted by atomic mass is 32.1. The SMILES string of the molecule is CC1(C)CC(=O)C2=C(C1)Nc1ccccc1N(CC(=O)Nc1nccs1)C2c1cccs1. The van der Waals surface area contributed by atoms with Gasteiger partial charge in [0, 0.05) is 34.1 Å². The molecule has 2 aromatic heterocycles. The number of hydrogen-bond donors (Lipinski definition) is 2. The summed E-state index contributed by atoms with van der Waals surface area (Å²) < 4.78 is 0. The van der Waals surface area contributed by atoms with E-state index in [0.717, 1.165) is 33.9 Å². The summed E-state index contributed by atoms with van der Waals surface area (Å²) in [7, 11) is 0. The monoisotopic (exact) mass is 464 g/mol. The van der Waals surface area contributed by atoms with Gasteiger partial charge in [0.1, 0.15) is 0 Å². The van der Waals surface area contributed by atoms with Crippen molar-refractivity contribution in [3.63, 3.8) is 0 Å². The van der Waals surface area contributed by atoms with Crippen molar-refractivity contribution in [2.45, 2.75) is 32.7 Å². The van der Waals surface area contributed by atoms with Crippen LogP contribution in [0.1, 0.15) is 37.6 Å². The quantitative estimate of drug-likeness (QED) is 0.536. The van der Waals surface area contributed by atoms with Crippen molar-refractivity contribution in [1.82, 2.24) is 4.98 Å². The number of anilines is 3. The number of allylic oxidation sites excluding steroid dienone is 1. The summed E-state index contributed by atoms with van der Waals surface area (Å²) in [6, 6.07) is 11.7. The molecule has 0 saturated carbocycles. The van der Waals surface area contributed by atoms with Crippen molar-refractivity contribution < 1.29 is 9.59 Å². The third kappa shape index (κ3) is 3.96. The fourth-order valence-corrected chi connectivity index (χ4v) is 5.96. The molecular weight excluding hydrogens is 440 g/mol. The maximum Gasteiger partial charge on any atom is 0.245 e. The Morgan fingerprint density at radius 1 is 1.19 bits per heavy atom. The van der Waals surface area contributed by atoms with Gasteiger partial charge in [0.05, 0.1) is 24.0 Å². The Kier molecular flexibility index (Phi) is 5.35. The van der Waals surface area contributed by atoms with Gasteiger partial charge in [-0.05, 0) is 35.4 Å². The van der Waals surface area contributed by atoms with Gasteiger partial charge >= 0.3 is 0 Å². The zero-order chi connectivity index (χ0) is 22.3. The number of carbonyl (C=O) groups is 2.